The van der Waals surface area contributed by atoms with Crippen LogP contribution in [0.1, 0.15) is 26.2 Å². The van der Waals surface area contributed by atoms with E-state index in [-0.39, 0.29) is 6.10 Å². The van der Waals surface area contributed by atoms with Crippen LogP contribution in [0.4, 0.5) is 0 Å². The van der Waals surface area contributed by atoms with Gasteiger partial charge in [0.05, 0.1) is 6.10 Å². The van der Waals surface area contributed by atoms with Gasteiger partial charge in [0.1, 0.15) is 0 Å². The Labute approximate surface area is 68.9 Å². The van der Waals surface area contributed by atoms with Crippen LogP contribution < -0.4 is 0 Å². The van der Waals surface area contributed by atoms with Crippen molar-refractivity contribution < 1.29 is 9.84 Å². The number of hydrogen-bond acceptors (Lipinski definition) is 2. The fourth-order valence-electron chi connectivity index (χ4n) is 0.818. The standard InChI is InChI=1S/C9H18O2/c1-3-5-6-9(10)7-8-11-4-2/h3,9-10H,1,4-8H2,2H3. The van der Waals surface area contributed by atoms with Crippen LogP contribution in [-0.2, 0) is 4.74 Å². The molecule has 0 aliphatic carbocycles. The number of aliphatic hydroxyl groups excluding tert-OH is 1. The Balaban J connectivity index is 3.08. The molecule has 0 aromatic heterocycles. The maximum absolute atomic E-state index is 9.28. The zero-order valence-corrected chi connectivity index (χ0v) is 7.25. The van der Waals surface area contributed by atoms with E-state index in [2.05, 4.69) is 6.58 Å². The van der Waals surface area contributed by atoms with Crippen LogP contribution in [0.25, 0.3) is 0 Å². The highest BCUT2D eigenvalue weighted by molar-refractivity contribution is 4.68. The molecule has 2 nitrogen and oxygen atoms in total. The minimum Gasteiger partial charge on any atom is -0.393 e. The Morgan fingerprint density at radius 3 is 2.82 bits per heavy atom. The molecule has 0 aromatic carbocycles. The van der Waals surface area contributed by atoms with Gasteiger partial charge in [0.15, 0.2) is 0 Å². The van der Waals surface area contributed by atoms with Gasteiger partial charge in [-0.3, -0.25) is 0 Å². The van der Waals surface area contributed by atoms with Crippen LogP contribution in [0.2, 0.25) is 0 Å². The summed E-state index contributed by atoms with van der Waals surface area (Å²) in [5.41, 5.74) is 0. The van der Waals surface area contributed by atoms with E-state index in [1.165, 1.54) is 0 Å². The van der Waals surface area contributed by atoms with Crippen LogP contribution in [0.5, 0.6) is 0 Å². The molecule has 0 rings (SSSR count). The van der Waals surface area contributed by atoms with Crippen molar-refractivity contribution >= 4 is 0 Å². The third kappa shape index (κ3) is 7.56. The van der Waals surface area contributed by atoms with Gasteiger partial charge in [-0.25, -0.2) is 0 Å². The van der Waals surface area contributed by atoms with E-state index in [0.29, 0.717) is 6.61 Å². The third-order valence-corrected chi connectivity index (χ3v) is 1.50. The molecule has 0 aliphatic heterocycles. The Morgan fingerprint density at radius 1 is 1.55 bits per heavy atom. The van der Waals surface area contributed by atoms with Crippen LogP contribution in [0, 0.1) is 0 Å². The van der Waals surface area contributed by atoms with E-state index < -0.39 is 0 Å². The predicted molar refractivity (Wildman–Crippen MR) is 46.5 cm³/mol. The van der Waals surface area contributed by atoms with Crippen molar-refractivity contribution in [3.8, 4) is 0 Å². The van der Waals surface area contributed by atoms with Crippen LogP contribution in [-0.4, -0.2) is 24.4 Å². The highest BCUT2D eigenvalue weighted by atomic mass is 16.5. The zero-order valence-electron chi connectivity index (χ0n) is 7.25. The van der Waals surface area contributed by atoms with Crippen LogP contribution >= 0.6 is 0 Å². The molecule has 0 saturated heterocycles. The quantitative estimate of drug-likeness (QED) is 0.451. The molecular weight excluding hydrogens is 140 g/mol. The van der Waals surface area contributed by atoms with E-state index in [9.17, 15) is 5.11 Å². The predicted octanol–water partition coefficient (Wildman–Crippen LogP) is 1.74. The molecule has 0 amide bonds. The smallest absolute Gasteiger partial charge is 0.0565 e. The van der Waals surface area contributed by atoms with E-state index in [1.807, 2.05) is 13.0 Å². The summed E-state index contributed by atoms with van der Waals surface area (Å²) < 4.78 is 5.10. The van der Waals surface area contributed by atoms with Crippen molar-refractivity contribution in [3.63, 3.8) is 0 Å². The van der Waals surface area contributed by atoms with Gasteiger partial charge < -0.3 is 9.84 Å². The molecule has 0 bridgehead atoms. The molecule has 66 valence electrons. The van der Waals surface area contributed by atoms with E-state index in [0.717, 1.165) is 25.9 Å². The van der Waals surface area contributed by atoms with Gasteiger partial charge in [0.25, 0.3) is 0 Å². The number of hydrogen-bond donors (Lipinski definition) is 1. The minimum absolute atomic E-state index is 0.223. The second kappa shape index (κ2) is 7.76. The number of aliphatic hydroxyl groups is 1. The lowest BCUT2D eigenvalue weighted by molar-refractivity contribution is 0.0848. The largest absolute Gasteiger partial charge is 0.393 e. The molecule has 0 radical (unpaired) electrons. The fraction of sp³-hybridized carbons (Fsp3) is 0.778. The van der Waals surface area contributed by atoms with Crippen molar-refractivity contribution in [2.24, 2.45) is 0 Å². The average Bonchev–Trinajstić information content (AvgIpc) is 2.01. The van der Waals surface area contributed by atoms with Crippen molar-refractivity contribution in [2.45, 2.75) is 32.3 Å². The van der Waals surface area contributed by atoms with Crippen molar-refractivity contribution in [1.82, 2.24) is 0 Å². The lowest BCUT2D eigenvalue weighted by Crippen LogP contribution is -2.09. The topological polar surface area (TPSA) is 29.5 Å². The number of rotatable bonds is 7. The normalized spacial score (nSPS) is 12.9. The molecule has 11 heavy (non-hydrogen) atoms. The lowest BCUT2D eigenvalue weighted by atomic mass is 10.1. The summed E-state index contributed by atoms with van der Waals surface area (Å²) in [4.78, 5) is 0. The first-order chi connectivity index (χ1) is 5.31. The molecule has 1 N–H and O–H groups in total. The van der Waals surface area contributed by atoms with Crippen LogP contribution in [0.15, 0.2) is 12.7 Å². The van der Waals surface area contributed by atoms with Crippen molar-refractivity contribution in [3.05, 3.63) is 12.7 Å². The highest BCUT2D eigenvalue weighted by Crippen LogP contribution is 2.01. The van der Waals surface area contributed by atoms with Crippen molar-refractivity contribution in [1.29, 1.82) is 0 Å². The average molecular weight is 158 g/mol. The molecular formula is C9H18O2. The van der Waals surface area contributed by atoms with Gasteiger partial charge in [0, 0.05) is 13.2 Å². The Morgan fingerprint density at radius 2 is 2.27 bits per heavy atom. The van der Waals surface area contributed by atoms with Gasteiger partial charge in [-0.15, -0.1) is 6.58 Å². The molecule has 1 atom stereocenters. The molecule has 0 aromatic rings. The molecule has 0 aliphatic rings. The van der Waals surface area contributed by atoms with Gasteiger partial charge in [-0.05, 0) is 26.2 Å². The maximum atomic E-state index is 9.28. The van der Waals surface area contributed by atoms with E-state index in [4.69, 9.17) is 4.74 Å². The summed E-state index contributed by atoms with van der Waals surface area (Å²) in [6.07, 6.45) is 4.02. The summed E-state index contributed by atoms with van der Waals surface area (Å²) in [6.45, 7) is 6.93. The molecule has 1 unspecified atom stereocenters. The first kappa shape index (κ1) is 10.7. The fourth-order valence-corrected chi connectivity index (χ4v) is 0.818. The number of allylic oxidation sites excluding steroid dienone is 1. The van der Waals surface area contributed by atoms with Crippen molar-refractivity contribution in [2.75, 3.05) is 13.2 Å². The Bertz CT molecular complexity index is 91.6. The van der Waals surface area contributed by atoms with Crippen LogP contribution in [0.3, 0.4) is 0 Å². The summed E-state index contributed by atoms with van der Waals surface area (Å²) in [5.74, 6) is 0. The van der Waals surface area contributed by atoms with E-state index >= 15 is 0 Å². The van der Waals surface area contributed by atoms with Gasteiger partial charge >= 0.3 is 0 Å². The summed E-state index contributed by atoms with van der Waals surface area (Å²) >= 11 is 0. The first-order valence-electron chi connectivity index (χ1n) is 4.18. The molecule has 0 fully saturated rings. The van der Waals surface area contributed by atoms with Gasteiger partial charge in [-0.1, -0.05) is 6.08 Å². The second-order valence-electron chi connectivity index (χ2n) is 2.51. The first-order valence-corrected chi connectivity index (χ1v) is 4.18. The molecule has 0 saturated carbocycles. The molecule has 0 heterocycles. The Kier molecular flexibility index (Phi) is 7.52. The molecule has 0 spiro atoms. The zero-order chi connectivity index (χ0) is 8.53. The number of ether oxygens (including phenoxy) is 1. The maximum Gasteiger partial charge on any atom is 0.0565 e. The van der Waals surface area contributed by atoms with Gasteiger partial charge in [-0.2, -0.15) is 0 Å². The van der Waals surface area contributed by atoms with Gasteiger partial charge in [0.2, 0.25) is 0 Å². The molecule has 2 heteroatoms. The minimum atomic E-state index is -0.223. The summed E-state index contributed by atoms with van der Waals surface area (Å²) in [7, 11) is 0. The Hall–Kier alpha value is -0.340. The lowest BCUT2D eigenvalue weighted by Gasteiger charge is -2.07. The van der Waals surface area contributed by atoms with E-state index in [1.54, 1.807) is 0 Å². The highest BCUT2D eigenvalue weighted by Gasteiger charge is 2.01. The summed E-state index contributed by atoms with van der Waals surface area (Å²) in [6, 6.07) is 0. The summed E-state index contributed by atoms with van der Waals surface area (Å²) in [5, 5.41) is 9.28. The second-order valence-corrected chi connectivity index (χ2v) is 2.51. The SMILES string of the molecule is C=CCCC(O)CCOCC. The third-order valence-electron chi connectivity index (χ3n) is 1.50. The monoisotopic (exact) mass is 158 g/mol.